The van der Waals surface area contributed by atoms with Crippen LogP contribution in [0.25, 0.3) is 11.1 Å². The molecule has 1 aliphatic carbocycles. The highest BCUT2D eigenvalue weighted by molar-refractivity contribution is 7.56. The van der Waals surface area contributed by atoms with Crippen molar-refractivity contribution in [3.8, 4) is 11.1 Å². The van der Waals surface area contributed by atoms with Crippen LogP contribution in [0.5, 0.6) is 0 Å². The van der Waals surface area contributed by atoms with E-state index in [1.54, 1.807) is 6.66 Å². The first kappa shape index (κ1) is 16.3. The predicted octanol–water partition coefficient (Wildman–Crippen LogP) is 5.39. The molecule has 3 aromatic carbocycles. The van der Waals surface area contributed by atoms with Crippen LogP contribution in [0.4, 0.5) is 0 Å². The molecule has 1 N–H and O–H groups in total. The molecule has 25 heavy (non-hydrogen) atoms. The zero-order valence-corrected chi connectivity index (χ0v) is 14.9. The van der Waals surface area contributed by atoms with Crippen molar-refractivity contribution in [2.45, 2.75) is 12.6 Å². The maximum Gasteiger partial charge on any atom is 0.267 e. The Bertz CT molecular complexity index is 894. The molecule has 0 fully saturated rings. The number of hydrogen-bond acceptors (Lipinski definition) is 2. The lowest BCUT2D eigenvalue weighted by Gasteiger charge is -2.21. The minimum atomic E-state index is -2.97. The van der Waals surface area contributed by atoms with Crippen LogP contribution < -0.4 is 5.09 Å². The number of benzene rings is 3. The van der Waals surface area contributed by atoms with E-state index in [9.17, 15) is 4.57 Å². The smallest absolute Gasteiger partial charge is 0.267 e. The van der Waals surface area contributed by atoms with Crippen LogP contribution in [0.15, 0.2) is 78.9 Å². The van der Waals surface area contributed by atoms with Gasteiger partial charge in [0.15, 0.2) is 0 Å². The van der Waals surface area contributed by atoms with Gasteiger partial charge in [-0.25, -0.2) is 5.09 Å². The SMILES string of the molecule is C[P@@](=O)(NCc1ccccc1)OC1c2ccccc2-c2ccccc21. The molecule has 0 radical (unpaired) electrons. The molecular weight excluding hydrogens is 329 g/mol. The Hall–Kier alpha value is -2.19. The Labute approximate surface area is 148 Å². The van der Waals surface area contributed by atoms with Gasteiger partial charge in [0, 0.05) is 13.2 Å². The van der Waals surface area contributed by atoms with Crippen LogP contribution >= 0.6 is 7.52 Å². The number of hydrogen-bond donors (Lipinski definition) is 1. The average Bonchev–Trinajstić information content (AvgIpc) is 2.95. The number of rotatable bonds is 5. The van der Waals surface area contributed by atoms with E-state index in [1.807, 2.05) is 54.6 Å². The van der Waals surface area contributed by atoms with Crippen molar-refractivity contribution in [1.29, 1.82) is 0 Å². The molecule has 0 amide bonds. The van der Waals surface area contributed by atoms with Gasteiger partial charge in [-0.1, -0.05) is 78.9 Å². The van der Waals surface area contributed by atoms with Gasteiger partial charge in [-0.3, -0.25) is 4.57 Å². The van der Waals surface area contributed by atoms with Crippen LogP contribution in [-0.4, -0.2) is 6.66 Å². The van der Waals surface area contributed by atoms with Crippen molar-refractivity contribution in [2.24, 2.45) is 0 Å². The molecule has 126 valence electrons. The van der Waals surface area contributed by atoms with Gasteiger partial charge in [0.1, 0.15) is 6.10 Å². The van der Waals surface area contributed by atoms with Crippen LogP contribution in [0.2, 0.25) is 0 Å². The summed E-state index contributed by atoms with van der Waals surface area (Å²) < 4.78 is 19.1. The van der Waals surface area contributed by atoms with E-state index in [0.717, 1.165) is 27.8 Å². The molecule has 0 saturated heterocycles. The third-order valence-corrected chi connectivity index (χ3v) is 5.84. The predicted molar refractivity (Wildman–Crippen MR) is 102 cm³/mol. The molecule has 1 aliphatic rings. The molecule has 1 atom stereocenters. The molecule has 0 aromatic heterocycles. The second kappa shape index (κ2) is 6.61. The molecule has 4 heteroatoms. The molecule has 4 rings (SSSR count). The summed E-state index contributed by atoms with van der Waals surface area (Å²) in [5.41, 5.74) is 5.55. The van der Waals surface area contributed by atoms with E-state index >= 15 is 0 Å². The Morgan fingerprint density at radius 2 is 1.36 bits per heavy atom. The van der Waals surface area contributed by atoms with Crippen molar-refractivity contribution >= 4 is 7.52 Å². The fourth-order valence-corrected chi connectivity index (χ4v) is 4.47. The summed E-state index contributed by atoms with van der Waals surface area (Å²) >= 11 is 0. The normalized spacial score (nSPS) is 15.4. The second-order valence-corrected chi connectivity index (χ2v) is 8.55. The Morgan fingerprint density at radius 3 is 1.96 bits per heavy atom. The van der Waals surface area contributed by atoms with E-state index < -0.39 is 7.52 Å². The van der Waals surface area contributed by atoms with Gasteiger partial charge in [-0.15, -0.1) is 0 Å². The fraction of sp³-hybridized carbons (Fsp3) is 0.143. The summed E-state index contributed by atoms with van der Waals surface area (Å²) in [4.78, 5) is 0. The highest BCUT2D eigenvalue weighted by Gasteiger charge is 2.33. The lowest BCUT2D eigenvalue weighted by molar-refractivity contribution is 0.249. The van der Waals surface area contributed by atoms with Gasteiger partial charge >= 0.3 is 0 Å². The summed E-state index contributed by atoms with van der Waals surface area (Å²) in [6, 6.07) is 26.3. The zero-order valence-electron chi connectivity index (χ0n) is 14.1. The van der Waals surface area contributed by atoms with Crippen molar-refractivity contribution < 1.29 is 9.09 Å². The molecule has 0 heterocycles. The first-order chi connectivity index (χ1) is 12.1. The molecule has 0 aliphatic heterocycles. The van der Waals surface area contributed by atoms with E-state index in [2.05, 4.69) is 29.4 Å². The monoisotopic (exact) mass is 349 g/mol. The summed E-state index contributed by atoms with van der Waals surface area (Å²) in [5, 5.41) is 3.10. The van der Waals surface area contributed by atoms with Crippen molar-refractivity contribution in [3.63, 3.8) is 0 Å². The number of fused-ring (bicyclic) bond motifs is 3. The summed E-state index contributed by atoms with van der Waals surface area (Å²) in [7, 11) is -2.97. The highest BCUT2D eigenvalue weighted by Crippen LogP contribution is 2.52. The first-order valence-corrected chi connectivity index (χ1v) is 10.4. The van der Waals surface area contributed by atoms with E-state index in [-0.39, 0.29) is 6.10 Å². The summed E-state index contributed by atoms with van der Waals surface area (Å²) in [5.74, 6) is 0. The molecule has 0 spiro atoms. The Morgan fingerprint density at radius 1 is 0.840 bits per heavy atom. The highest BCUT2D eigenvalue weighted by atomic mass is 31.2. The summed E-state index contributed by atoms with van der Waals surface area (Å²) in [6.45, 7) is 2.17. The van der Waals surface area contributed by atoms with E-state index in [0.29, 0.717) is 6.54 Å². The molecular formula is C21H20NO2P. The van der Waals surface area contributed by atoms with Gasteiger partial charge < -0.3 is 4.52 Å². The number of nitrogens with one attached hydrogen (secondary N) is 1. The Kier molecular flexibility index (Phi) is 4.30. The average molecular weight is 349 g/mol. The van der Waals surface area contributed by atoms with Crippen molar-refractivity contribution in [3.05, 3.63) is 95.6 Å². The lowest BCUT2D eigenvalue weighted by Crippen LogP contribution is -2.14. The van der Waals surface area contributed by atoms with Gasteiger partial charge in [0.05, 0.1) is 0 Å². The van der Waals surface area contributed by atoms with E-state index in [4.69, 9.17) is 4.52 Å². The van der Waals surface area contributed by atoms with Crippen molar-refractivity contribution in [1.82, 2.24) is 5.09 Å². The largest absolute Gasteiger partial charge is 0.305 e. The molecule has 0 unspecified atom stereocenters. The van der Waals surface area contributed by atoms with Gasteiger partial charge in [0.2, 0.25) is 0 Å². The standard InChI is InChI=1S/C21H20NO2P/c1-25(23,22-15-16-9-3-2-4-10-16)24-21-19-13-7-5-11-17(19)18-12-6-8-14-20(18)21/h2-14,21H,15H2,1H3,(H,22,23)/t25-/m0/s1. The van der Waals surface area contributed by atoms with Gasteiger partial charge in [0.25, 0.3) is 7.52 Å². The lowest BCUT2D eigenvalue weighted by atomic mass is 10.1. The van der Waals surface area contributed by atoms with Crippen LogP contribution in [0.3, 0.4) is 0 Å². The molecule has 3 nitrogen and oxygen atoms in total. The third kappa shape index (κ3) is 3.32. The van der Waals surface area contributed by atoms with Gasteiger partial charge in [-0.05, 0) is 27.8 Å². The molecule has 0 bridgehead atoms. The zero-order chi connectivity index (χ0) is 17.3. The second-order valence-electron chi connectivity index (χ2n) is 6.33. The molecule has 0 saturated carbocycles. The minimum absolute atomic E-state index is 0.300. The summed E-state index contributed by atoms with van der Waals surface area (Å²) in [6.07, 6.45) is -0.300. The Balaban J connectivity index is 1.58. The quantitative estimate of drug-likeness (QED) is 0.628. The minimum Gasteiger partial charge on any atom is -0.305 e. The maximum atomic E-state index is 13.0. The third-order valence-electron chi connectivity index (χ3n) is 4.50. The first-order valence-electron chi connectivity index (χ1n) is 8.37. The topological polar surface area (TPSA) is 38.3 Å². The van der Waals surface area contributed by atoms with Crippen molar-refractivity contribution in [2.75, 3.05) is 6.66 Å². The van der Waals surface area contributed by atoms with Gasteiger partial charge in [-0.2, -0.15) is 0 Å². The van der Waals surface area contributed by atoms with Crippen LogP contribution in [-0.2, 0) is 15.6 Å². The van der Waals surface area contributed by atoms with E-state index in [1.165, 1.54) is 0 Å². The van der Waals surface area contributed by atoms with Crippen LogP contribution in [0.1, 0.15) is 22.8 Å². The molecule has 3 aromatic rings. The van der Waals surface area contributed by atoms with Crippen LogP contribution in [0, 0.1) is 0 Å². The maximum absolute atomic E-state index is 13.0. The fourth-order valence-electron chi connectivity index (χ4n) is 3.29.